The summed E-state index contributed by atoms with van der Waals surface area (Å²) in [6.45, 7) is 5.12. The molecular formula is C11H13NO4S. The van der Waals surface area contributed by atoms with Crippen LogP contribution in [0.25, 0.3) is 0 Å². The number of hydrogen-bond acceptors (Lipinski definition) is 3. The Bertz CT molecular complexity index is 519. The van der Waals surface area contributed by atoms with E-state index in [2.05, 4.69) is 11.3 Å². The van der Waals surface area contributed by atoms with Gasteiger partial charge in [-0.25, -0.2) is 17.9 Å². The first kappa shape index (κ1) is 13.4. The van der Waals surface area contributed by atoms with Crippen molar-refractivity contribution in [2.45, 2.75) is 17.9 Å². The second kappa shape index (κ2) is 5.11. The predicted molar refractivity (Wildman–Crippen MR) is 63.4 cm³/mol. The molecule has 1 aromatic rings. The molecule has 0 saturated heterocycles. The maximum absolute atomic E-state index is 11.8. The first-order chi connectivity index (χ1) is 7.86. The van der Waals surface area contributed by atoms with E-state index in [4.69, 9.17) is 5.11 Å². The summed E-state index contributed by atoms with van der Waals surface area (Å²) in [6, 6.07) is 4.60. The Morgan fingerprint density at radius 1 is 1.41 bits per heavy atom. The zero-order valence-corrected chi connectivity index (χ0v) is 10.1. The molecule has 6 heteroatoms. The molecule has 1 rings (SSSR count). The summed E-state index contributed by atoms with van der Waals surface area (Å²) < 4.78 is 25.9. The van der Waals surface area contributed by atoms with Crippen LogP contribution in [0.2, 0.25) is 0 Å². The van der Waals surface area contributed by atoms with Crippen LogP contribution in [0.3, 0.4) is 0 Å². The summed E-state index contributed by atoms with van der Waals surface area (Å²) in [6.07, 6.45) is 1.46. The van der Waals surface area contributed by atoms with Crippen molar-refractivity contribution < 1.29 is 18.3 Å². The summed E-state index contributed by atoms with van der Waals surface area (Å²) in [5, 5.41) is 8.68. The Hall–Kier alpha value is -1.66. The maximum atomic E-state index is 11.8. The average molecular weight is 255 g/mol. The Kier molecular flexibility index (Phi) is 4.03. The minimum Gasteiger partial charge on any atom is -0.478 e. The number of benzene rings is 1. The Morgan fingerprint density at radius 3 is 2.35 bits per heavy atom. The second-order valence-corrected chi connectivity index (χ2v) is 5.19. The molecule has 0 radical (unpaired) electrons. The molecule has 1 aromatic carbocycles. The molecule has 0 amide bonds. The van der Waals surface area contributed by atoms with Gasteiger partial charge in [-0.05, 0) is 31.2 Å². The standard InChI is InChI=1S/C11H13NO4S/c1-3-8(2)12-17(15,16)10-6-4-9(5-7-10)11(13)14/h3-8,12H,1H2,2H3,(H,13,14). The molecular weight excluding hydrogens is 242 g/mol. The largest absolute Gasteiger partial charge is 0.478 e. The summed E-state index contributed by atoms with van der Waals surface area (Å²) in [4.78, 5) is 10.6. The lowest BCUT2D eigenvalue weighted by atomic mass is 10.2. The lowest BCUT2D eigenvalue weighted by molar-refractivity contribution is 0.0696. The number of nitrogens with one attached hydrogen (secondary N) is 1. The number of carbonyl (C=O) groups is 1. The van der Waals surface area contributed by atoms with Crippen molar-refractivity contribution in [3.8, 4) is 0 Å². The van der Waals surface area contributed by atoms with Crippen LogP contribution < -0.4 is 4.72 Å². The van der Waals surface area contributed by atoms with E-state index >= 15 is 0 Å². The van der Waals surface area contributed by atoms with Gasteiger partial charge in [-0.15, -0.1) is 6.58 Å². The molecule has 92 valence electrons. The smallest absolute Gasteiger partial charge is 0.335 e. The molecule has 0 bridgehead atoms. The number of rotatable bonds is 5. The minimum atomic E-state index is -3.63. The maximum Gasteiger partial charge on any atom is 0.335 e. The lowest BCUT2D eigenvalue weighted by Crippen LogP contribution is -2.30. The van der Waals surface area contributed by atoms with E-state index in [0.717, 1.165) is 0 Å². The van der Waals surface area contributed by atoms with Crippen LogP contribution in [-0.2, 0) is 10.0 Å². The molecule has 0 aromatic heterocycles. The van der Waals surface area contributed by atoms with Crippen LogP contribution >= 0.6 is 0 Å². The number of aromatic carboxylic acids is 1. The highest BCUT2D eigenvalue weighted by atomic mass is 32.2. The molecule has 1 atom stereocenters. The Morgan fingerprint density at radius 2 is 1.94 bits per heavy atom. The van der Waals surface area contributed by atoms with Crippen LogP contribution in [0.15, 0.2) is 41.8 Å². The van der Waals surface area contributed by atoms with Crippen molar-refractivity contribution in [3.05, 3.63) is 42.5 Å². The van der Waals surface area contributed by atoms with Crippen molar-refractivity contribution in [1.29, 1.82) is 0 Å². The third-order valence-electron chi connectivity index (χ3n) is 2.11. The fourth-order valence-electron chi connectivity index (χ4n) is 1.14. The van der Waals surface area contributed by atoms with Gasteiger partial charge in [-0.1, -0.05) is 6.08 Å². The molecule has 0 aliphatic heterocycles. The number of sulfonamides is 1. The molecule has 17 heavy (non-hydrogen) atoms. The summed E-state index contributed by atoms with van der Waals surface area (Å²) >= 11 is 0. The van der Waals surface area contributed by atoms with Crippen LogP contribution in [0.4, 0.5) is 0 Å². The van der Waals surface area contributed by atoms with E-state index in [0.29, 0.717) is 0 Å². The van der Waals surface area contributed by atoms with Crippen molar-refractivity contribution in [2.24, 2.45) is 0 Å². The highest BCUT2D eigenvalue weighted by molar-refractivity contribution is 7.89. The molecule has 0 aliphatic rings. The van der Waals surface area contributed by atoms with Crippen LogP contribution in [0, 0.1) is 0 Å². The first-order valence-corrected chi connectivity index (χ1v) is 6.33. The monoisotopic (exact) mass is 255 g/mol. The SMILES string of the molecule is C=CC(C)NS(=O)(=O)c1ccc(C(=O)O)cc1. The van der Waals surface area contributed by atoms with Crippen molar-refractivity contribution in [1.82, 2.24) is 4.72 Å². The zero-order valence-electron chi connectivity index (χ0n) is 9.25. The molecule has 0 saturated carbocycles. The molecule has 1 unspecified atom stereocenters. The van der Waals surface area contributed by atoms with Gasteiger partial charge in [-0.2, -0.15) is 0 Å². The molecule has 0 heterocycles. The van der Waals surface area contributed by atoms with Gasteiger partial charge < -0.3 is 5.11 Å². The fraction of sp³-hybridized carbons (Fsp3) is 0.182. The van der Waals surface area contributed by atoms with Gasteiger partial charge in [0, 0.05) is 6.04 Å². The van der Waals surface area contributed by atoms with Crippen LogP contribution in [-0.4, -0.2) is 25.5 Å². The molecule has 0 aliphatic carbocycles. The van der Waals surface area contributed by atoms with Gasteiger partial charge in [0.05, 0.1) is 10.5 Å². The topological polar surface area (TPSA) is 83.5 Å². The second-order valence-electron chi connectivity index (χ2n) is 3.48. The van der Waals surface area contributed by atoms with Gasteiger partial charge in [0.2, 0.25) is 10.0 Å². The highest BCUT2D eigenvalue weighted by Crippen LogP contribution is 2.11. The van der Waals surface area contributed by atoms with Gasteiger partial charge >= 0.3 is 5.97 Å². The van der Waals surface area contributed by atoms with Crippen molar-refractivity contribution in [2.75, 3.05) is 0 Å². The van der Waals surface area contributed by atoms with E-state index in [1.165, 1.54) is 30.3 Å². The zero-order chi connectivity index (χ0) is 13.1. The fourth-order valence-corrected chi connectivity index (χ4v) is 2.35. The van der Waals surface area contributed by atoms with Gasteiger partial charge in [0.25, 0.3) is 0 Å². The van der Waals surface area contributed by atoms with Crippen molar-refractivity contribution in [3.63, 3.8) is 0 Å². The lowest BCUT2D eigenvalue weighted by Gasteiger charge is -2.10. The predicted octanol–water partition coefficient (Wildman–Crippen LogP) is 1.24. The molecule has 0 fully saturated rings. The third kappa shape index (κ3) is 3.40. The summed E-state index contributed by atoms with van der Waals surface area (Å²) in [5.41, 5.74) is 0.0423. The van der Waals surface area contributed by atoms with E-state index in [1.807, 2.05) is 0 Å². The number of hydrogen-bond donors (Lipinski definition) is 2. The average Bonchev–Trinajstić information content (AvgIpc) is 2.28. The number of carboxylic acids is 1. The van der Waals surface area contributed by atoms with Gasteiger partial charge in [0.15, 0.2) is 0 Å². The molecule has 2 N–H and O–H groups in total. The summed E-state index contributed by atoms with van der Waals surface area (Å²) in [7, 11) is -3.63. The summed E-state index contributed by atoms with van der Waals surface area (Å²) in [5.74, 6) is -1.10. The van der Waals surface area contributed by atoms with E-state index in [-0.39, 0.29) is 16.5 Å². The minimum absolute atomic E-state index is 0.0243. The quantitative estimate of drug-likeness (QED) is 0.775. The van der Waals surface area contributed by atoms with Crippen molar-refractivity contribution >= 4 is 16.0 Å². The van der Waals surface area contributed by atoms with Gasteiger partial charge in [0.1, 0.15) is 0 Å². The number of carboxylic acid groups (broad SMARTS) is 1. The molecule has 0 spiro atoms. The first-order valence-electron chi connectivity index (χ1n) is 4.85. The third-order valence-corrected chi connectivity index (χ3v) is 3.68. The van der Waals surface area contributed by atoms with E-state index < -0.39 is 16.0 Å². The van der Waals surface area contributed by atoms with E-state index in [1.54, 1.807) is 6.92 Å². The Labute approximate surface area is 99.8 Å². The Balaban J connectivity index is 3.00. The normalized spacial score (nSPS) is 13.0. The van der Waals surface area contributed by atoms with E-state index in [9.17, 15) is 13.2 Å². The highest BCUT2D eigenvalue weighted by Gasteiger charge is 2.16. The van der Waals surface area contributed by atoms with Crippen LogP contribution in [0.1, 0.15) is 17.3 Å². The van der Waals surface area contributed by atoms with Gasteiger partial charge in [-0.3, -0.25) is 0 Å². The van der Waals surface area contributed by atoms with Crippen LogP contribution in [0.5, 0.6) is 0 Å². The molecule has 5 nitrogen and oxygen atoms in total.